The first-order valence-corrected chi connectivity index (χ1v) is 8.24. The second-order valence-corrected chi connectivity index (χ2v) is 6.55. The summed E-state index contributed by atoms with van der Waals surface area (Å²) in [4.78, 5) is 0.225. The van der Waals surface area contributed by atoms with Crippen LogP contribution in [0.2, 0.25) is 0 Å². The molecule has 1 aliphatic heterocycles. The summed E-state index contributed by atoms with van der Waals surface area (Å²) in [5, 5.41) is 3.31. The fourth-order valence-corrected chi connectivity index (χ4v) is 3.23. The van der Waals surface area contributed by atoms with Crippen LogP contribution < -0.4 is 15.8 Å². The van der Waals surface area contributed by atoms with Crippen molar-refractivity contribution in [3.63, 3.8) is 0 Å². The molecule has 1 fully saturated rings. The van der Waals surface area contributed by atoms with Crippen LogP contribution in [0, 0.1) is 0 Å². The number of nitrogens with two attached hydrogens (primary N) is 1. The maximum atomic E-state index is 12.0. The van der Waals surface area contributed by atoms with Gasteiger partial charge in [0.1, 0.15) is 0 Å². The first kappa shape index (κ1) is 15.1. The van der Waals surface area contributed by atoms with Crippen molar-refractivity contribution in [2.45, 2.75) is 30.7 Å². The van der Waals surface area contributed by atoms with Gasteiger partial charge >= 0.3 is 0 Å². The molecule has 1 saturated heterocycles. The SMILES string of the molecule is CCNS(=O)(=O)c1ccc(N)c(NC2CCOCC2)c1. The minimum atomic E-state index is -3.46. The summed E-state index contributed by atoms with van der Waals surface area (Å²) in [6.45, 7) is 3.53. The molecule has 0 unspecified atom stereocenters. The van der Waals surface area contributed by atoms with E-state index in [4.69, 9.17) is 10.5 Å². The van der Waals surface area contributed by atoms with Gasteiger partial charge in [0.25, 0.3) is 0 Å². The van der Waals surface area contributed by atoms with E-state index >= 15 is 0 Å². The second kappa shape index (κ2) is 6.43. The maximum absolute atomic E-state index is 12.0. The van der Waals surface area contributed by atoms with Crippen molar-refractivity contribution in [3.8, 4) is 0 Å². The van der Waals surface area contributed by atoms with E-state index in [1.807, 2.05) is 0 Å². The van der Waals surface area contributed by atoms with Crippen LogP contribution in [0.5, 0.6) is 0 Å². The Bertz CT molecular complexity index is 554. The molecule has 0 aromatic heterocycles. The molecule has 1 aromatic carbocycles. The number of hydrogen-bond donors (Lipinski definition) is 3. The first-order valence-electron chi connectivity index (χ1n) is 6.76. The summed E-state index contributed by atoms with van der Waals surface area (Å²) >= 11 is 0. The highest BCUT2D eigenvalue weighted by Crippen LogP contribution is 2.25. The minimum Gasteiger partial charge on any atom is -0.397 e. The van der Waals surface area contributed by atoms with Gasteiger partial charge in [-0.05, 0) is 31.0 Å². The predicted molar refractivity (Wildman–Crippen MR) is 79.2 cm³/mol. The Morgan fingerprint density at radius 1 is 1.35 bits per heavy atom. The van der Waals surface area contributed by atoms with E-state index in [0.717, 1.165) is 12.8 Å². The fraction of sp³-hybridized carbons (Fsp3) is 0.538. The molecule has 2 rings (SSSR count). The molecule has 1 heterocycles. The highest BCUT2D eigenvalue weighted by Gasteiger charge is 2.17. The zero-order valence-electron chi connectivity index (χ0n) is 11.6. The topological polar surface area (TPSA) is 93.5 Å². The summed E-state index contributed by atoms with van der Waals surface area (Å²) in [5.74, 6) is 0. The summed E-state index contributed by atoms with van der Waals surface area (Å²) < 4.78 is 31.7. The monoisotopic (exact) mass is 299 g/mol. The average Bonchev–Trinajstić information content (AvgIpc) is 2.42. The number of benzene rings is 1. The van der Waals surface area contributed by atoms with E-state index in [-0.39, 0.29) is 10.9 Å². The van der Waals surface area contributed by atoms with Crippen molar-refractivity contribution < 1.29 is 13.2 Å². The molecule has 112 valence electrons. The summed E-state index contributed by atoms with van der Waals surface area (Å²) in [6.07, 6.45) is 1.78. The van der Waals surface area contributed by atoms with Gasteiger partial charge in [-0.2, -0.15) is 0 Å². The van der Waals surface area contributed by atoms with Crippen molar-refractivity contribution in [2.24, 2.45) is 0 Å². The van der Waals surface area contributed by atoms with Crippen molar-refractivity contribution in [3.05, 3.63) is 18.2 Å². The number of ether oxygens (including phenoxy) is 1. The third-order valence-corrected chi connectivity index (χ3v) is 4.79. The highest BCUT2D eigenvalue weighted by atomic mass is 32.2. The largest absolute Gasteiger partial charge is 0.397 e. The van der Waals surface area contributed by atoms with E-state index in [1.165, 1.54) is 6.07 Å². The lowest BCUT2D eigenvalue weighted by atomic mass is 10.1. The highest BCUT2D eigenvalue weighted by molar-refractivity contribution is 7.89. The Labute approximate surface area is 119 Å². The van der Waals surface area contributed by atoms with E-state index in [1.54, 1.807) is 19.1 Å². The van der Waals surface area contributed by atoms with Crippen LogP contribution in [0.25, 0.3) is 0 Å². The number of anilines is 2. The molecule has 1 aliphatic rings. The summed E-state index contributed by atoms with van der Waals surface area (Å²) in [5.41, 5.74) is 7.13. The van der Waals surface area contributed by atoms with Crippen molar-refractivity contribution in [2.75, 3.05) is 30.8 Å². The van der Waals surface area contributed by atoms with Gasteiger partial charge < -0.3 is 15.8 Å². The fourth-order valence-electron chi connectivity index (χ4n) is 2.16. The Hall–Kier alpha value is -1.31. The van der Waals surface area contributed by atoms with E-state index in [0.29, 0.717) is 31.1 Å². The van der Waals surface area contributed by atoms with E-state index in [9.17, 15) is 8.42 Å². The van der Waals surface area contributed by atoms with Crippen LogP contribution in [0.3, 0.4) is 0 Å². The molecule has 0 spiro atoms. The van der Waals surface area contributed by atoms with Gasteiger partial charge in [-0.3, -0.25) is 0 Å². The van der Waals surface area contributed by atoms with E-state index in [2.05, 4.69) is 10.0 Å². The molecule has 0 saturated carbocycles. The van der Waals surface area contributed by atoms with Crippen molar-refractivity contribution >= 4 is 21.4 Å². The van der Waals surface area contributed by atoms with Gasteiger partial charge in [0.05, 0.1) is 16.3 Å². The molecule has 0 atom stereocenters. The Balaban J connectivity index is 2.20. The molecule has 0 aliphatic carbocycles. The van der Waals surface area contributed by atoms with Crippen LogP contribution in [0.1, 0.15) is 19.8 Å². The zero-order valence-corrected chi connectivity index (χ0v) is 12.4. The number of rotatable bonds is 5. The Morgan fingerprint density at radius 3 is 2.70 bits per heavy atom. The molecule has 0 amide bonds. The van der Waals surface area contributed by atoms with Crippen molar-refractivity contribution in [1.29, 1.82) is 0 Å². The third kappa shape index (κ3) is 3.62. The summed E-state index contributed by atoms with van der Waals surface area (Å²) in [7, 11) is -3.46. The molecular weight excluding hydrogens is 278 g/mol. The van der Waals surface area contributed by atoms with Gasteiger partial charge in [0.15, 0.2) is 0 Å². The lowest BCUT2D eigenvalue weighted by molar-refractivity contribution is 0.0904. The van der Waals surface area contributed by atoms with Crippen molar-refractivity contribution in [1.82, 2.24) is 4.72 Å². The summed E-state index contributed by atoms with van der Waals surface area (Å²) in [6, 6.07) is 4.99. The molecule has 1 aromatic rings. The Morgan fingerprint density at radius 2 is 2.05 bits per heavy atom. The molecule has 0 radical (unpaired) electrons. The molecule has 0 bridgehead atoms. The van der Waals surface area contributed by atoms with Crippen LogP contribution in [0.15, 0.2) is 23.1 Å². The molecule has 7 heteroatoms. The van der Waals surface area contributed by atoms with Crippen LogP contribution in [-0.2, 0) is 14.8 Å². The quantitative estimate of drug-likeness (QED) is 0.709. The van der Waals surface area contributed by atoms with Gasteiger partial charge in [0.2, 0.25) is 10.0 Å². The predicted octanol–water partition coefficient (Wildman–Crippen LogP) is 1.16. The second-order valence-electron chi connectivity index (χ2n) is 4.78. The normalized spacial score (nSPS) is 17.1. The maximum Gasteiger partial charge on any atom is 0.240 e. The van der Waals surface area contributed by atoms with Crippen LogP contribution in [0.4, 0.5) is 11.4 Å². The van der Waals surface area contributed by atoms with Crippen LogP contribution >= 0.6 is 0 Å². The number of nitrogens with one attached hydrogen (secondary N) is 2. The lowest BCUT2D eigenvalue weighted by Gasteiger charge is -2.25. The van der Waals surface area contributed by atoms with Gasteiger partial charge in [-0.15, -0.1) is 0 Å². The minimum absolute atomic E-state index is 0.225. The molecule has 20 heavy (non-hydrogen) atoms. The smallest absolute Gasteiger partial charge is 0.240 e. The molecular formula is C13H21N3O3S. The number of hydrogen-bond acceptors (Lipinski definition) is 5. The van der Waals surface area contributed by atoms with Gasteiger partial charge in [-0.25, -0.2) is 13.1 Å². The average molecular weight is 299 g/mol. The van der Waals surface area contributed by atoms with E-state index < -0.39 is 10.0 Å². The number of sulfonamides is 1. The standard InChI is InChI=1S/C13H21N3O3S/c1-2-15-20(17,18)11-3-4-12(14)13(9-11)16-10-5-7-19-8-6-10/h3-4,9-10,15-16H,2,5-8,14H2,1H3. The zero-order chi connectivity index (χ0) is 14.6. The molecule has 6 nitrogen and oxygen atoms in total. The first-order chi connectivity index (χ1) is 9.53. The number of nitrogen functional groups attached to an aromatic ring is 1. The van der Waals surface area contributed by atoms with Gasteiger partial charge in [0, 0.05) is 25.8 Å². The Kier molecular flexibility index (Phi) is 4.85. The van der Waals surface area contributed by atoms with Crippen LogP contribution in [-0.4, -0.2) is 34.2 Å². The third-order valence-electron chi connectivity index (χ3n) is 3.25. The van der Waals surface area contributed by atoms with Gasteiger partial charge in [-0.1, -0.05) is 6.92 Å². The lowest BCUT2D eigenvalue weighted by Crippen LogP contribution is -2.28. The molecule has 4 N–H and O–H groups in total.